The van der Waals surface area contributed by atoms with Crippen LogP contribution >= 0.6 is 0 Å². The zero-order valence-corrected chi connectivity index (χ0v) is 10.2. The molecule has 0 spiro atoms. The molecule has 0 fully saturated rings. The third-order valence-corrected chi connectivity index (χ3v) is 2.55. The number of carbonyl (C=O) groups is 1. The lowest BCUT2D eigenvalue weighted by molar-refractivity contribution is -0.385. The molecule has 0 saturated heterocycles. The lowest BCUT2D eigenvalue weighted by atomic mass is 10.2. The number of furan rings is 1. The Labute approximate surface area is 108 Å². The van der Waals surface area contributed by atoms with Crippen LogP contribution in [0.15, 0.2) is 34.7 Å². The molecule has 0 atom stereocenters. The first-order valence-corrected chi connectivity index (χ1v) is 5.52. The summed E-state index contributed by atoms with van der Waals surface area (Å²) in [6.07, 6.45) is 0.599. The predicted molar refractivity (Wildman–Crippen MR) is 66.3 cm³/mol. The third-order valence-electron chi connectivity index (χ3n) is 2.55. The molecule has 1 aromatic heterocycles. The minimum absolute atomic E-state index is 0.0337. The maximum atomic E-state index is 10.7. The molecule has 0 unspecified atom stereocenters. The second-order valence-electron chi connectivity index (χ2n) is 3.92. The van der Waals surface area contributed by atoms with Gasteiger partial charge in [-0.2, -0.15) is 0 Å². The number of benzene rings is 1. The highest BCUT2D eigenvalue weighted by molar-refractivity contribution is 5.70. The van der Waals surface area contributed by atoms with Crippen LogP contribution in [0.2, 0.25) is 0 Å². The van der Waals surface area contributed by atoms with Crippen LogP contribution in [0.5, 0.6) is 5.75 Å². The van der Waals surface area contributed by atoms with Crippen LogP contribution in [0.3, 0.4) is 0 Å². The van der Waals surface area contributed by atoms with Crippen molar-refractivity contribution in [3.05, 3.63) is 57.5 Å². The molecule has 0 aliphatic carbocycles. The maximum Gasteiger partial charge on any atom is 0.273 e. The summed E-state index contributed by atoms with van der Waals surface area (Å²) >= 11 is 0. The zero-order valence-electron chi connectivity index (χ0n) is 10.2. The zero-order chi connectivity index (χ0) is 13.8. The summed E-state index contributed by atoms with van der Waals surface area (Å²) in [5.74, 6) is 1.11. The van der Waals surface area contributed by atoms with E-state index >= 15 is 0 Å². The largest absolute Gasteiger partial charge is 0.485 e. The summed E-state index contributed by atoms with van der Waals surface area (Å²) in [6, 6.07) is 7.55. The Morgan fingerprint density at radius 3 is 2.79 bits per heavy atom. The van der Waals surface area contributed by atoms with Gasteiger partial charge in [0.05, 0.1) is 11.0 Å². The molecule has 2 aromatic rings. The van der Waals surface area contributed by atoms with Crippen molar-refractivity contribution >= 4 is 12.0 Å². The van der Waals surface area contributed by atoms with E-state index in [-0.39, 0.29) is 18.1 Å². The van der Waals surface area contributed by atoms with E-state index in [1.54, 1.807) is 19.1 Å². The van der Waals surface area contributed by atoms with Crippen molar-refractivity contribution in [2.45, 2.75) is 13.5 Å². The molecular formula is C13H11NO5. The van der Waals surface area contributed by atoms with Crippen molar-refractivity contribution in [1.29, 1.82) is 0 Å². The normalized spacial score (nSPS) is 10.2. The first kappa shape index (κ1) is 12.8. The van der Waals surface area contributed by atoms with Crippen LogP contribution in [0.25, 0.3) is 0 Å². The van der Waals surface area contributed by atoms with E-state index in [2.05, 4.69) is 0 Å². The SMILES string of the molecule is Cc1ccc([N+](=O)[O-])cc1OCc1ccc(C=O)o1. The minimum atomic E-state index is -0.482. The number of aryl methyl sites for hydroxylation is 1. The molecule has 6 heteroatoms. The summed E-state index contributed by atoms with van der Waals surface area (Å²) in [4.78, 5) is 20.6. The molecule has 0 N–H and O–H groups in total. The predicted octanol–water partition coefficient (Wildman–Crippen LogP) is 2.89. The smallest absolute Gasteiger partial charge is 0.273 e. The highest BCUT2D eigenvalue weighted by atomic mass is 16.6. The number of nitrogens with zero attached hydrogens (tertiary/aromatic N) is 1. The molecule has 1 heterocycles. The third kappa shape index (κ3) is 2.98. The summed E-state index contributed by atoms with van der Waals surface area (Å²) in [5.41, 5.74) is 0.751. The highest BCUT2D eigenvalue weighted by Gasteiger charge is 2.10. The molecule has 0 saturated carbocycles. The van der Waals surface area contributed by atoms with Gasteiger partial charge in [-0.25, -0.2) is 0 Å². The number of nitro groups is 1. The summed E-state index contributed by atoms with van der Waals surface area (Å²) < 4.78 is 10.6. The molecular weight excluding hydrogens is 250 g/mol. The summed E-state index contributed by atoms with van der Waals surface area (Å²) in [5, 5.41) is 10.7. The molecule has 19 heavy (non-hydrogen) atoms. The second kappa shape index (κ2) is 5.34. The van der Waals surface area contributed by atoms with Gasteiger partial charge in [0.1, 0.15) is 18.1 Å². The fraction of sp³-hybridized carbons (Fsp3) is 0.154. The van der Waals surface area contributed by atoms with Crippen LogP contribution in [0.1, 0.15) is 21.9 Å². The molecule has 1 aromatic carbocycles. The Bertz CT molecular complexity index is 617. The Balaban J connectivity index is 2.12. The molecule has 0 amide bonds. The lowest BCUT2D eigenvalue weighted by Crippen LogP contribution is -1.97. The average molecular weight is 261 g/mol. The molecule has 98 valence electrons. The Morgan fingerprint density at radius 1 is 1.37 bits per heavy atom. The van der Waals surface area contributed by atoms with Gasteiger partial charge in [-0.1, -0.05) is 0 Å². The van der Waals surface area contributed by atoms with Gasteiger partial charge < -0.3 is 9.15 Å². The van der Waals surface area contributed by atoms with Gasteiger partial charge in [0.25, 0.3) is 5.69 Å². The van der Waals surface area contributed by atoms with Crippen molar-refractivity contribution < 1.29 is 18.9 Å². The topological polar surface area (TPSA) is 82.6 Å². The minimum Gasteiger partial charge on any atom is -0.485 e. The van der Waals surface area contributed by atoms with E-state index in [0.717, 1.165) is 5.56 Å². The van der Waals surface area contributed by atoms with Crippen LogP contribution in [0.4, 0.5) is 5.69 Å². The van der Waals surface area contributed by atoms with Crippen LogP contribution < -0.4 is 4.74 Å². The van der Waals surface area contributed by atoms with Gasteiger partial charge in [0.15, 0.2) is 12.0 Å². The van der Waals surface area contributed by atoms with Crippen LogP contribution in [-0.4, -0.2) is 11.2 Å². The number of ether oxygens (including phenoxy) is 1. The number of rotatable bonds is 5. The highest BCUT2D eigenvalue weighted by Crippen LogP contribution is 2.25. The Morgan fingerprint density at radius 2 is 2.16 bits per heavy atom. The number of non-ortho nitro benzene ring substituents is 1. The fourth-order valence-corrected chi connectivity index (χ4v) is 1.54. The molecule has 2 rings (SSSR count). The van der Waals surface area contributed by atoms with Gasteiger partial charge in [-0.15, -0.1) is 0 Å². The van der Waals surface area contributed by atoms with E-state index in [1.807, 2.05) is 0 Å². The fourth-order valence-electron chi connectivity index (χ4n) is 1.54. The molecule has 0 bridgehead atoms. The number of carbonyl (C=O) groups excluding carboxylic acids is 1. The Hall–Kier alpha value is -2.63. The molecule has 0 radical (unpaired) electrons. The standard InChI is InChI=1S/C13H11NO5/c1-9-2-3-10(14(16)17)6-13(9)18-8-12-5-4-11(7-15)19-12/h2-7H,8H2,1H3. The van der Waals surface area contributed by atoms with Gasteiger partial charge in [-0.3, -0.25) is 14.9 Å². The first-order chi connectivity index (χ1) is 9.10. The number of aldehydes is 1. The lowest BCUT2D eigenvalue weighted by Gasteiger charge is -2.07. The van der Waals surface area contributed by atoms with Gasteiger partial charge in [0.2, 0.25) is 0 Å². The van der Waals surface area contributed by atoms with Crippen molar-refractivity contribution in [2.24, 2.45) is 0 Å². The van der Waals surface area contributed by atoms with E-state index in [0.29, 0.717) is 17.8 Å². The van der Waals surface area contributed by atoms with Crippen molar-refractivity contribution in [3.63, 3.8) is 0 Å². The average Bonchev–Trinajstić information content (AvgIpc) is 2.85. The van der Waals surface area contributed by atoms with Gasteiger partial charge in [0, 0.05) is 6.07 Å². The van der Waals surface area contributed by atoms with E-state index in [9.17, 15) is 14.9 Å². The molecule has 0 aliphatic heterocycles. The van der Waals surface area contributed by atoms with Crippen LogP contribution in [-0.2, 0) is 6.61 Å². The van der Waals surface area contributed by atoms with Gasteiger partial charge in [-0.05, 0) is 30.7 Å². The second-order valence-corrected chi connectivity index (χ2v) is 3.92. The first-order valence-electron chi connectivity index (χ1n) is 5.52. The van der Waals surface area contributed by atoms with Gasteiger partial charge >= 0.3 is 0 Å². The number of hydrogen-bond donors (Lipinski definition) is 0. The van der Waals surface area contributed by atoms with E-state index in [1.165, 1.54) is 18.2 Å². The van der Waals surface area contributed by atoms with Crippen LogP contribution in [0, 0.1) is 17.0 Å². The monoisotopic (exact) mass is 261 g/mol. The molecule has 6 nitrogen and oxygen atoms in total. The summed E-state index contributed by atoms with van der Waals surface area (Å²) in [6.45, 7) is 1.90. The van der Waals surface area contributed by atoms with E-state index in [4.69, 9.17) is 9.15 Å². The van der Waals surface area contributed by atoms with E-state index < -0.39 is 4.92 Å². The number of hydrogen-bond acceptors (Lipinski definition) is 5. The van der Waals surface area contributed by atoms with Crippen molar-refractivity contribution in [1.82, 2.24) is 0 Å². The quantitative estimate of drug-likeness (QED) is 0.469. The Kier molecular flexibility index (Phi) is 3.61. The summed E-state index contributed by atoms with van der Waals surface area (Å²) in [7, 11) is 0. The number of nitro benzene ring substituents is 1. The van der Waals surface area contributed by atoms with Crippen molar-refractivity contribution in [2.75, 3.05) is 0 Å². The molecule has 0 aliphatic rings. The van der Waals surface area contributed by atoms with Crippen molar-refractivity contribution in [3.8, 4) is 5.75 Å². The maximum absolute atomic E-state index is 10.7.